The summed E-state index contributed by atoms with van der Waals surface area (Å²) in [5, 5.41) is 11.1. The average Bonchev–Trinajstić information content (AvgIpc) is 2.98. The lowest BCUT2D eigenvalue weighted by atomic mass is 9.95. The van der Waals surface area contributed by atoms with Crippen LogP contribution in [-0.4, -0.2) is 64.9 Å². The van der Waals surface area contributed by atoms with Crippen molar-refractivity contribution < 1.29 is 19.4 Å². The van der Waals surface area contributed by atoms with Crippen molar-refractivity contribution in [3.63, 3.8) is 0 Å². The van der Waals surface area contributed by atoms with Crippen molar-refractivity contribution in [3.8, 4) is 5.75 Å². The number of aryl methyl sites for hydroxylation is 1. The van der Waals surface area contributed by atoms with Crippen LogP contribution in [0.25, 0.3) is 5.76 Å². The first kappa shape index (κ1) is 22.5. The number of hydrogen-bond donors (Lipinski definition) is 1. The monoisotopic (exact) mass is 423 g/mol. The number of benzene rings is 1. The number of amides is 1. The van der Waals surface area contributed by atoms with Crippen LogP contribution in [0.4, 0.5) is 0 Å². The number of likely N-dealkylation sites (tertiary alicyclic amines) is 1. The van der Waals surface area contributed by atoms with Gasteiger partial charge in [-0.25, -0.2) is 0 Å². The van der Waals surface area contributed by atoms with Crippen LogP contribution in [0.3, 0.4) is 0 Å². The Bertz CT molecular complexity index is 999. The number of carbonyl (C=O) groups excluding carboxylic acids is 2. The molecule has 1 aliphatic heterocycles. The molecule has 0 spiro atoms. The number of likely N-dealkylation sites (N-methyl/N-ethyl adjacent to an activating group) is 1. The summed E-state index contributed by atoms with van der Waals surface area (Å²) in [4.78, 5) is 33.4. The third-order valence-electron chi connectivity index (χ3n) is 5.16. The van der Waals surface area contributed by atoms with Crippen molar-refractivity contribution in [2.45, 2.75) is 32.9 Å². The van der Waals surface area contributed by atoms with E-state index in [0.29, 0.717) is 24.4 Å². The molecule has 1 fully saturated rings. The van der Waals surface area contributed by atoms with Gasteiger partial charge in [-0.1, -0.05) is 0 Å². The van der Waals surface area contributed by atoms with E-state index in [-0.39, 0.29) is 17.4 Å². The normalized spacial score (nSPS) is 18.3. The highest BCUT2D eigenvalue weighted by Gasteiger charge is 2.45. The molecule has 2 heterocycles. The maximum Gasteiger partial charge on any atom is 0.295 e. The molecule has 1 N–H and O–H groups in total. The van der Waals surface area contributed by atoms with Crippen molar-refractivity contribution in [3.05, 3.63) is 65.0 Å². The molecule has 1 amide bonds. The molecule has 2 aromatic rings. The number of nitrogens with zero attached hydrogens (tertiary/aromatic N) is 3. The number of Topliss-reactive ketones (excluding diaryl/α,β-unsaturated/α-hetero) is 1. The van der Waals surface area contributed by atoms with Crippen molar-refractivity contribution >= 4 is 17.4 Å². The maximum atomic E-state index is 13.0. The smallest absolute Gasteiger partial charge is 0.295 e. The molecule has 3 rings (SSSR count). The first-order chi connectivity index (χ1) is 14.7. The predicted molar refractivity (Wildman–Crippen MR) is 119 cm³/mol. The first-order valence-electron chi connectivity index (χ1n) is 10.3. The number of aromatic nitrogens is 1. The summed E-state index contributed by atoms with van der Waals surface area (Å²) in [7, 11) is 3.81. The standard InChI is InChI=1S/C24H29N3O4/c1-15(2)31-19-7-6-18(14-16(19)3)22(28)20-21(17-8-10-25-11-9-17)27(13-12-26(4)5)24(30)23(20)29/h6-11,14-15,21,28H,12-13H2,1-5H3/b22-20-. The number of hydrogen-bond acceptors (Lipinski definition) is 6. The van der Waals surface area contributed by atoms with E-state index in [1.54, 1.807) is 42.7 Å². The van der Waals surface area contributed by atoms with Gasteiger partial charge in [-0.15, -0.1) is 0 Å². The summed E-state index contributed by atoms with van der Waals surface area (Å²) in [6.45, 7) is 6.72. The van der Waals surface area contributed by atoms with Gasteiger partial charge in [0.25, 0.3) is 11.7 Å². The number of aliphatic hydroxyl groups is 1. The van der Waals surface area contributed by atoms with E-state index >= 15 is 0 Å². The fraction of sp³-hybridized carbons (Fsp3) is 0.375. The van der Waals surface area contributed by atoms with Crippen LogP contribution >= 0.6 is 0 Å². The molecule has 1 aliphatic rings. The number of ketones is 1. The first-order valence-corrected chi connectivity index (χ1v) is 10.3. The van der Waals surface area contributed by atoms with Gasteiger partial charge >= 0.3 is 0 Å². The molecule has 1 unspecified atom stereocenters. The van der Waals surface area contributed by atoms with Crippen molar-refractivity contribution in [1.29, 1.82) is 0 Å². The third-order valence-corrected chi connectivity index (χ3v) is 5.16. The largest absolute Gasteiger partial charge is 0.507 e. The molecule has 0 saturated carbocycles. The molecule has 1 aromatic heterocycles. The average molecular weight is 424 g/mol. The van der Waals surface area contributed by atoms with Gasteiger partial charge < -0.3 is 19.6 Å². The molecule has 1 atom stereocenters. The predicted octanol–water partition coefficient (Wildman–Crippen LogP) is 3.16. The Hall–Kier alpha value is -3.19. The van der Waals surface area contributed by atoms with Crippen LogP contribution in [0.5, 0.6) is 5.75 Å². The second-order valence-corrected chi connectivity index (χ2v) is 8.22. The van der Waals surface area contributed by atoms with Crippen LogP contribution in [0.2, 0.25) is 0 Å². The molecule has 0 bridgehead atoms. The number of pyridine rings is 1. The highest BCUT2D eigenvalue weighted by molar-refractivity contribution is 6.46. The van der Waals surface area contributed by atoms with E-state index in [0.717, 1.165) is 11.1 Å². The molecule has 1 aromatic carbocycles. The molecule has 31 heavy (non-hydrogen) atoms. The fourth-order valence-electron chi connectivity index (χ4n) is 3.65. The zero-order chi connectivity index (χ0) is 22.7. The Labute approximate surface area is 183 Å². The Kier molecular flexibility index (Phi) is 6.75. The van der Waals surface area contributed by atoms with Crippen molar-refractivity contribution in [1.82, 2.24) is 14.8 Å². The third kappa shape index (κ3) is 4.77. The van der Waals surface area contributed by atoms with Crippen molar-refractivity contribution in [2.24, 2.45) is 0 Å². The van der Waals surface area contributed by atoms with Crippen LogP contribution in [-0.2, 0) is 9.59 Å². The number of rotatable bonds is 7. The van der Waals surface area contributed by atoms with Gasteiger partial charge in [0.1, 0.15) is 11.5 Å². The Balaban J connectivity index is 2.09. The minimum absolute atomic E-state index is 0.0202. The highest BCUT2D eigenvalue weighted by Crippen LogP contribution is 2.39. The lowest BCUT2D eigenvalue weighted by Crippen LogP contribution is -2.35. The SMILES string of the molecule is Cc1cc(/C(O)=C2/C(=O)C(=O)N(CCN(C)C)C2c2ccncc2)ccc1OC(C)C. The number of aliphatic hydroxyl groups excluding tert-OH is 1. The highest BCUT2D eigenvalue weighted by atomic mass is 16.5. The zero-order valence-corrected chi connectivity index (χ0v) is 18.6. The van der Waals surface area contributed by atoms with E-state index in [1.165, 1.54) is 4.90 Å². The van der Waals surface area contributed by atoms with Crippen LogP contribution < -0.4 is 4.74 Å². The Morgan fingerprint density at radius 1 is 1.19 bits per heavy atom. The summed E-state index contributed by atoms with van der Waals surface area (Å²) in [5.41, 5.74) is 2.12. The lowest BCUT2D eigenvalue weighted by molar-refractivity contribution is -0.140. The van der Waals surface area contributed by atoms with Crippen LogP contribution in [0.15, 0.2) is 48.3 Å². The second kappa shape index (κ2) is 9.31. The van der Waals surface area contributed by atoms with Gasteiger partial charge in [-0.3, -0.25) is 14.6 Å². The molecular weight excluding hydrogens is 394 g/mol. The Morgan fingerprint density at radius 2 is 1.87 bits per heavy atom. The summed E-state index contributed by atoms with van der Waals surface area (Å²) in [6, 6.07) is 8.10. The van der Waals surface area contributed by atoms with Gasteiger partial charge in [0, 0.05) is 31.0 Å². The molecular formula is C24H29N3O4. The Morgan fingerprint density at radius 3 is 2.45 bits per heavy atom. The number of ether oxygens (including phenoxy) is 1. The minimum Gasteiger partial charge on any atom is -0.507 e. The molecule has 0 aliphatic carbocycles. The molecule has 0 radical (unpaired) electrons. The van der Waals surface area contributed by atoms with Gasteiger partial charge in [0.05, 0.1) is 17.7 Å². The van der Waals surface area contributed by atoms with Gasteiger partial charge in [-0.2, -0.15) is 0 Å². The van der Waals surface area contributed by atoms with Crippen LogP contribution in [0, 0.1) is 6.92 Å². The van der Waals surface area contributed by atoms with Gasteiger partial charge in [-0.05, 0) is 76.3 Å². The van der Waals surface area contributed by atoms with E-state index in [4.69, 9.17) is 4.74 Å². The fourth-order valence-corrected chi connectivity index (χ4v) is 3.65. The lowest BCUT2D eigenvalue weighted by Gasteiger charge is -2.26. The summed E-state index contributed by atoms with van der Waals surface area (Å²) in [6.07, 6.45) is 3.25. The van der Waals surface area contributed by atoms with E-state index in [9.17, 15) is 14.7 Å². The molecule has 164 valence electrons. The topological polar surface area (TPSA) is 83.0 Å². The second-order valence-electron chi connectivity index (χ2n) is 8.22. The minimum atomic E-state index is -0.682. The van der Waals surface area contributed by atoms with E-state index < -0.39 is 17.7 Å². The number of carbonyl (C=O) groups is 2. The maximum absolute atomic E-state index is 13.0. The summed E-state index contributed by atoms with van der Waals surface area (Å²) in [5.74, 6) is -0.768. The molecule has 1 saturated heterocycles. The van der Waals surface area contributed by atoms with Crippen LogP contribution in [0.1, 0.15) is 36.6 Å². The van der Waals surface area contributed by atoms with Gasteiger partial charge in [0.2, 0.25) is 0 Å². The van der Waals surface area contributed by atoms with E-state index in [2.05, 4.69) is 4.98 Å². The van der Waals surface area contributed by atoms with E-state index in [1.807, 2.05) is 39.8 Å². The van der Waals surface area contributed by atoms with Crippen molar-refractivity contribution in [2.75, 3.05) is 27.2 Å². The summed E-state index contributed by atoms with van der Waals surface area (Å²) < 4.78 is 5.77. The molecule has 7 nitrogen and oxygen atoms in total. The summed E-state index contributed by atoms with van der Waals surface area (Å²) >= 11 is 0. The molecule has 7 heteroatoms. The van der Waals surface area contributed by atoms with Gasteiger partial charge in [0.15, 0.2) is 0 Å². The quantitative estimate of drug-likeness (QED) is 0.418. The zero-order valence-electron chi connectivity index (χ0n) is 18.6.